The Labute approximate surface area is 137 Å². The number of nitrogen functional groups attached to an aromatic ring is 1. The van der Waals surface area contributed by atoms with Crippen LogP contribution in [0.1, 0.15) is 0 Å². The first-order chi connectivity index (χ1) is 11.4. The summed E-state index contributed by atoms with van der Waals surface area (Å²) < 4.78 is 39.2. The minimum atomic E-state index is -1.70. The molecule has 1 heterocycles. The van der Waals surface area contributed by atoms with Gasteiger partial charge in [-0.05, 0) is 12.1 Å². The number of nitrogens with two attached hydrogens (primary N) is 1. The van der Waals surface area contributed by atoms with Crippen molar-refractivity contribution in [1.29, 1.82) is 0 Å². The molecule has 0 saturated heterocycles. The van der Waals surface area contributed by atoms with Crippen molar-refractivity contribution in [1.82, 2.24) is 20.5 Å². The first-order valence-electron chi connectivity index (χ1n) is 6.37. The van der Waals surface area contributed by atoms with E-state index in [-0.39, 0.29) is 16.9 Å². The van der Waals surface area contributed by atoms with Crippen LogP contribution in [0.15, 0.2) is 17.3 Å². The summed E-state index contributed by atoms with van der Waals surface area (Å²) in [6.45, 7) is -0.478. The van der Waals surface area contributed by atoms with Crippen LogP contribution in [0.2, 0.25) is 0 Å². The first kappa shape index (κ1) is 17.6. The fourth-order valence-corrected chi connectivity index (χ4v) is 2.13. The minimum Gasteiger partial charge on any atom is -0.368 e. The minimum absolute atomic E-state index is 0.0793. The Morgan fingerprint density at radius 2 is 1.96 bits per heavy atom. The summed E-state index contributed by atoms with van der Waals surface area (Å²) in [6, 6.07) is 1.54. The standard InChI is InChI=1S/C12H11F3N6O2S/c13-5-1-2-6(10(15)9(5)14)18-7(22)3-17-8(23)4-24-12-19-11(16)20-21-12/h1-2H,3-4H2,(H,17,23)(H,18,22)(H3,16,19,20,21). The largest absolute Gasteiger partial charge is 0.368 e. The van der Waals surface area contributed by atoms with Crippen molar-refractivity contribution in [2.75, 3.05) is 23.3 Å². The third-order valence-electron chi connectivity index (χ3n) is 2.57. The van der Waals surface area contributed by atoms with E-state index in [1.807, 2.05) is 5.32 Å². The topological polar surface area (TPSA) is 126 Å². The van der Waals surface area contributed by atoms with Gasteiger partial charge < -0.3 is 16.4 Å². The zero-order chi connectivity index (χ0) is 17.7. The van der Waals surface area contributed by atoms with Crippen molar-refractivity contribution >= 4 is 35.2 Å². The van der Waals surface area contributed by atoms with Crippen molar-refractivity contribution < 1.29 is 22.8 Å². The zero-order valence-electron chi connectivity index (χ0n) is 11.9. The van der Waals surface area contributed by atoms with Crippen LogP contribution in [0.4, 0.5) is 24.8 Å². The predicted octanol–water partition coefficient (Wildman–Crippen LogP) is 0.651. The fourth-order valence-electron chi connectivity index (χ4n) is 1.50. The van der Waals surface area contributed by atoms with Crippen molar-refractivity contribution in [3.8, 4) is 0 Å². The van der Waals surface area contributed by atoms with E-state index in [9.17, 15) is 22.8 Å². The Morgan fingerprint density at radius 1 is 1.21 bits per heavy atom. The Hall–Kier alpha value is -2.76. The zero-order valence-corrected chi connectivity index (χ0v) is 12.7. The maximum absolute atomic E-state index is 13.4. The lowest BCUT2D eigenvalue weighted by Gasteiger charge is -2.08. The number of amides is 2. The molecule has 1 aromatic carbocycles. The molecule has 0 unspecified atom stereocenters. The van der Waals surface area contributed by atoms with Gasteiger partial charge in [0.25, 0.3) is 0 Å². The maximum atomic E-state index is 13.4. The van der Waals surface area contributed by atoms with Crippen LogP contribution in [0.5, 0.6) is 0 Å². The van der Waals surface area contributed by atoms with E-state index in [4.69, 9.17) is 5.73 Å². The molecule has 12 heteroatoms. The van der Waals surface area contributed by atoms with E-state index in [2.05, 4.69) is 20.5 Å². The third kappa shape index (κ3) is 4.62. The summed E-state index contributed by atoms with van der Waals surface area (Å²) in [6.07, 6.45) is 0. The lowest BCUT2D eigenvalue weighted by Crippen LogP contribution is -2.34. The number of thioether (sulfide) groups is 1. The molecular formula is C12H11F3N6O2S. The van der Waals surface area contributed by atoms with Gasteiger partial charge in [0.2, 0.25) is 22.9 Å². The highest BCUT2D eigenvalue weighted by atomic mass is 32.2. The summed E-state index contributed by atoms with van der Waals surface area (Å²) in [5.74, 6) is -5.88. The number of aromatic nitrogens is 3. The quantitative estimate of drug-likeness (QED) is 0.443. The number of anilines is 2. The molecular weight excluding hydrogens is 349 g/mol. The van der Waals surface area contributed by atoms with Crippen LogP contribution in [0, 0.1) is 17.5 Å². The monoisotopic (exact) mass is 360 g/mol. The third-order valence-corrected chi connectivity index (χ3v) is 3.42. The number of nitrogens with zero attached hydrogens (tertiary/aromatic N) is 2. The van der Waals surface area contributed by atoms with Gasteiger partial charge in [0.15, 0.2) is 17.5 Å². The summed E-state index contributed by atoms with van der Waals surface area (Å²) >= 11 is 0.983. The summed E-state index contributed by atoms with van der Waals surface area (Å²) in [4.78, 5) is 26.9. The number of carbonyl (C=O) groups excluding carboxylic acids is 2. The normalized spacial score (nSPS) is 10.5. The van der Waals surface area contributed by atoms with Crippen LogP contribution < -0.4 is 16.4 Å². The molecule has 2 aromatic rings. The molecule has 0 aliphatic rings. The number of aromatic amines is 1. The molecule has 128 valence electrons. The van der Waals surface area contributed by atoms with Crippen molar-refractivity contribution in [2.45, 2.75) is 5.16 Å². The van der Waals surface area contributed by atoms with Crippen LogP contribution in [-0.4, -0.2) is 39.3 Å². The Kier molecular flexibility index (Phi) is 5.63. The molecule has 2 rings (SSSR count). The molecule has 0 bridgehead atoms. The lowest BCUT2D eigenvalue weighted by molar-refractivity contribution is -0.122. The summed E-state index contributed by atoms with van der Waals surface area (Å²) in [5, 5.41) is 10.6. The summed E-state index contributed by atoms with van der Waals surface area (Å²) in [5.41, 5.74) is 4.78. The second kappa shape index (κ2) is 7.68. The number of nitrogens with one attached hydrogen (secondary N) is 3. The first-order valence-corrected chi connectivity index (χ1v) is 7.36. The molecule has 5 N–H and O–H groups in total. The fraction of sp³-hybridized carbons (Fsp3) is 0.167. The molecule has 1 aromatic heterocycles. The molecule has 2 amide bonds. The lowest BCUT2D eigenvalue weighted by atomic mass is 10.2. The summed E-state index contributed by atoms with van der Waals surface area (Å²) in [7, 11) is 0. The van der Waals surface area contributed by atoms with Gasteiger partial charge in [-0.25, -0.2) is 18.3 Å². The van der Waals surface area contributed by atoms with Crippen LogP contribution in [0.3, 0.4) is 0 Å². The smallest absolute Gasteiger partial charge is 0.243 e. The van der Waals surface area contributed by atoms with Gasteiger partial charge in [-0.1, -0.05) is 11.8 Å². The van der Waals surface area contributed by atoms with E-state index in [0.29, 0.717) is 6.07 Å². The molecule has 0 fully saturated rings. The van der Waals surface area contributed by atoms with Crippen molar-refractivity contribution in [2.24, 2.45) is 0 Å². The van der Waals surface area contributed by atoms with E-state index in [0.717, 1.165) is 17.8 Å². The average molecular weight is 360 g/mol. The number of benzene rings is 1. The Morgan fingerprint density at radius 3 is 2.62 bits per heavy atom. The van der Waals surface area contributed by atoms with E-state index >= 15 is 0 Å². The van der Waals surface area contributed by atoms with E-state index in [1.54, 1.807) is 0 Å². The molecule has 0 aliphatic heterocycles. The molecule has 8 nitrogen and oxygen atoms in total. The van der Waals surface area contributed by atoms with E-state index < -0.39 is 41.5 Å². The van der Waals surface area contributed by atoms with Gasteiger partial charge >= 0.3 is 0 Å². The highest BCUT2D eigenvalue weighted by Gasteiger charge is 2.15. The molecule has 0 saturated carbocycles. The van der Waals surface area contributed by atoms with Gasteiger partial charge in [0.05, 0.1) is 18.0 Å². The number of H-pyrrole nitrogens is 1. The predicted molar refractivity (Wildman–Crippen MR) is 79.5 cm³/mol. The number of halogens is 3. The highest BCUT2D eigenvalue weighted by Crippen LogP contribution is 2.19. The molecule has 0 spiro atoms. The maximum Gasteiger partial charge on any atom is 0.243 e. The number of carbonyl (C=O) groups is 2. The Bertz CT molecular complexity index is 769. The molecule has 0 aliphatic carbocycles. The van der Waals surface area contributed by atoms with Crippen molar-refractivity contribution in [3.05, 3.63) is 29.6 Å². The number of hydrogen-bond donors (Lipinski definition) is 4. The molecule has 0 atom stereocenters. The van der Waals surface area contributed by atoms with Crippen LogP contribution in [-0.2, 0) is 9.59 Å². The van der Waals surface area contributed by atoms with Gasteiger partial charge in [-0.2, -0.15) is 4.98 Å². The van der Waals surface area contributed by atoms with Gasteiger partial charge in [-0.15, -0.1) is 5.10 Å². The second-order valence-electron chi connectivity index (χ2n) is 4.34. The van der Waals surface area contributed by atoms with Gasteiger partial charge in [-0.3, -0.25) is 9.59 Å². The van der Waals surface area contributed by atoms with Crippen LogP contribution >= 0.6 is 11.8 Å². The average Bonchev–Trinajstić information content (AvgIpc) is 2.97. The van der Waals surface area contributed by atoms with E-state index in [1.165, 1.54) is 0 Å². The SMILES string of the molecule is Nc1nc(SCC(=O)NCC(=O)Nc2ccc(F)c(F)c2F)n[nH]1. The van der Waals surface area contributed by atoms with Gasteiger partial charge in [0, 0.05) is 0 Å². The van der Waals surface area contributed by atoms with Crippen LogP contribution in [0.25, 0.3) is 0 Å². The van der Waals surface area contributed by atoms with Crippen molar-refractivity contribution in [3.63, 3.8) is 0 Å². The Balaban J connectivity index is 1.78. The van der Waals surface area contributed by atoms with Gasteiger partial charge in [0.1, 0.15) is 0 Å². The highest BCUT2D eigenvalue weighted by molar-refractivity contribution is 7.99. The molecule has 0 radical (unpaired) electrons. The number of rotatable bonds is 6. The number of hydrogen-bond acceptors (Lipinski definition) is 6. The second-order valence-corrected chi connectivity index (χ2v) is 5.28. The molecule has 24 heavy (non-hydrogen) atoms.